The fraction of sp³-hybridized carbons (Fsp3) is 0.417. The molecule has 1 fully saturated rings. The monoisotopic (exact) mass is 221 g/mol. The Morgan fingerprint density at radius 3 is 3.00 bits per heavy atom. The van der Waals surface area contributed by atoms with Crippen LogP contribution in [0.5, 0.6) is 0 Å². The van der Waals surface area contributed by atoms with Gasteiger partial charge in [-0.15, -0.1) is 0 Å². The number of rotatable bonds is 2. The molecule has 1 heterocycles. The van der Waals surface area contributed by atoms with Crippen molar-refractivity contribution >= 4 is 5.97 Å². The van der Waals surface area contributed by atoms with Crippen molar-refractivity contribution in [2.24, 2.45) is 5.73 Å². The topological polar surface area (TPSA) is 61.5 Å². The molecule has 0 aromatic heterocycles. The summed E-state index contributed by atoms with van der Waals surface area (Å²) in [5.74, 6) is -0.343. The Labute approximate surface area is 94.3 Å². The van der Waals surface area contributed by atoms with Gasteiger partial charge in [-0.2, -0.15) is 0 Å². The Kier molecular flexibility index (Phi) is 2.94. The molecule has 1 aromatic carbocycles. The normalized spacial score (nSPS) is 24.4. The predicted molar refractivity (Wildman–Crippen MR) is 59.1 cm³/mol. The van der Waals surface area contributed by atoms with Gasteiger partial charge in [0.25, 0.3) is 0 Å². The second kappa shape index (κ2) is 4.23. The number of benzene rings is 1. The molecule has 1 saturated heterocycles. The molecule has 0 radical (unpaired) electrons. The number of carbonyl (C=O) groups is 1. The highest BCUT2D eigenvalue weighted by Gasteiger charge is 2.32. The average molecular weight is 221 g/mol. The summed E-state index contributed by atoms with van der Waals surface area (Å²) in [6.45, 7) is 1.16. The first-order chi connectivity index (χ1) is 7.65. The molecule has 4 nitrogen and oxygen atoms in total. The van der Waals surface area contributed by atoms with Crippen LogP contribution in [0.1, 0.15) is 22.3 Å². The van der Waals surface area contributed by atoms with E-state index in [1.54, 1.807) is 12.1 Å². The van der Waals surface area contributed by atoms with E-state index in [4.69, 9.17) is 10.5 Å². The van der Waals surface area contributed by atoms with Crippen LogP contribution >= 0.6 is 0 Å². The maximum absolute atomic E-state index is 11.4. The summed E-state index contributed by atoms with van der Waals surface area (Å²) in [6.07, 6.45) is 0.775. The van der Waals surface area contributed by atoms with E-state index in [1.807, 2.05) is 12.1 Å². The van der Waals surface area contributed by atoms with Gasteiger partial charge in [0.05, 0.1) is 24.8 Å². The highest BCUT2D eigenvalue weighted by Crippen LogP contribution is 2.28. The van der Waals surface area contributed by atoms with Gasteiger partial charge in [0.15, 0.2) is 0 Å². The summed E-state index contributed by atoms with van der Waals surface area (Å²) in [5.41, 5.74) is 7.19. The highest BCUT2D eigenvalue weighted by molar-refractivity contribution is 5.89. The van der Waals surface area contributed by atoms with E-state index in [1.165, 1.54) is 7.11 Å². The average Bonchev–Trinajstić information content (AvgIpc) is 2.77. The lowest BCUT2D eigenvalue weighted by atomic mass is 9.89. The number of ether oxygens (including phenoxy) is 2. The minimum atomic E-state index is -0.468. The van der Waals surface area contributed by atoms with E-state index in [-0.39, 0.29) is 5.97 Å². The molecule has 1 aromatic rings. The third-order valence-corrected chi connectivity index (χ3v) is 2.91. The molecular weight excluding hydrogens is 206 g/mol. The van der Waals surface area contributed by atoms with E-state index in [2.05, 4.69) is 4.74 Å². The van der Waals surface area contributed by atoms with Crippen LogP contribution in [-0.4, -0.2) is 26.3 Å². The number of hydrogen-bond acceptors (Lipinski definition) is 4. The number of esters is 1. The quantitative estimate of drug-likeness (QED) is 0.758. The zero-order chi connectivity index (χ0) is 11.6. The van der Waals surface area contributed by atoms with Gasteiger partial charge in [-0.25, -0.2) is 4.79 Å². The Morgan fingerprint density at radius 2 is 2.38 bits per heavy atom. The summed E-state index contributed by atoms with van der Waals surface area (Å²) in [4.78, 5) is 11.4. The van der Waals surface area contributed by atoms with Crippen LogP contribution < -0.4 is 5.73 Å². The zero-order valence-corrected chi connectivity index (χ0v) is 9.23. The molecule has 86 valence electrons. The van der Waals surface area contributed by atoms with E-state index in [0.29, 0.717) is 18.8 Å². The molecular formula is C12H15NO3. The van der Waals surface area contributed by atoms with E-state index >= 15 is 0 Å². The van der Waals surface area contributed by atoms with Crippen LogP contribution in [-0.2, 0) is 15.0 Å². The van der Waals surface area contributed by atoms with Gasteiger partial charge in [0.1, 0.15) is 0 Å². The van der Waals surface area contributed by atoms with Crippen molar-refractivity contribution in [1.82, 2.24) is 0 Å². The lowest BCUT2D eigenvalue weighted by molar-refractivity contribution is 0.0600. The van der Waals surface area contributed by atoms with E-state index < -0.39 is 5.54 Å². The Bertz CT molecular complexity index is 397. The molecule has 0 aliphatic carbocycles. The second-order valence-corrected chi connectivity index (χ2v) is 4.03. The van der Waals surface area contributed by atoms with Crippen LogP contribution in [0.25, 0.3) is 0 Å². The summed E-state index contributed by atoms with van der Waals surface area (Å²) < 4.78 is 9.98. The molecule has 1 aliphatic rings. The standard InChI is InChI=1S/C12H15NO3/c1-15-11(14)9-3-2-4-10(7-9)12(13)5-6-16-8-12/h2-4,7H,5-6,8,13H2,1H3. The predicted octanol–water partition coefficient (Wildman–Crippen LogP) is 1.05. The van der Waals surface area contributed by atoms with Crippen LogP contribution in [0, 0.1) is 0 Å². The summed E-state index contributed by atoms with van der Waals surface area (Å²) >= 11 is 0. The largest absolute Gasteiger partial charge is 0.465 e. The molecule has 1 atom stereocenters. The van der Waals surface area contributed by atoms with E-state index in [0.717, 1.165) is 12.0 Å². The van der Waals surface area contributed by atoms with Crippen LogP contribution in [0.15, 0.2) is 24.3 Å². The molecule has 4 heteroatoms. The van der Waals surface area contributed by atoms with Crippen molar-refractivity contribution in [3.63, 3.8) is 0 Å². The lowest BCUT2D eigenvalue weighted by Crippen LogP contribution is -2.37. The lowest BCUT2D eigenvalue weighted by Gasteiger charge is -2.22. The molecule has 2 N–H and O–H groups in total. The Hall–Kier alpha value is -1.39. The van der Waals surface area contributed by atoms with Crippen LogP contribution in [0.4, 0.5) is 0 Å². The number of hydrogen-bond donors (Lipinski definition) is 1. The van der Waals surface area contributed by atoms with Crippen molar-refractivity contribution in [2.45, 2.75) is 12.0 Å². The van der Waals surface area contributed by atoms with Crippen LogP contribution in [0.3, 0.4) is 0 Å². The molecule has 0 saturated carbocycles. The van der Waals surface area contributed by atoms with Gasteiger partial charge in [-0.3, -0.25) is 0 Å². The molecule has 1 aliphatic heterocycles. The Balaban J connectivity index is 2.32. The van der Waals surface area contributed by atoms with Crippen LogP contribution in [0.2, 0.25) is 0 Å². The molecule has 0 amide bonds. The molecule has 0 bridgehead atoms. The van der Waals surface area contributed by atoms with Gasteiger partial charge < -0.3 is 15.2 Å². The molecule has 1 unspecified atom stereocenters. The van der Waals surface area contributed by atoms with Gasteiger partial charge in [-0.1, -0.05) is 12.1 Å². The third kappa shape index (κ3) is 1.94. The van der Waals surface area contributed by atoms with Crippen molar-refractivity contribution in [3.05, 3.63) is 35.4 Å². The molecule has 2 rings (SSSR count). The molecule has 0 spiro atoms. The first-order valence-electron chi connectivity index (χ1n) is 5.21. The van der Waals surface area contributed by atoms with Gasteiger partial charge in [0.2, 0.25) is 0 Å². The van der Waals surface area contributed by atoms with Crippen molar-refractivity contribution in [2.75, 3.05) is 20.3 Å². The number of methoxy groups -OCH3 is 1. The van der Waals surface area contributed by atoms with Gasteiger partial charge >= 0.3 is 5.97 Å². The Morgan fingerprint density at radius 1 is 1.56 bits per heavy atom. The summed E-state index contributed by atoms with van der Waals surface area (Å²) in [7, 11) is 1.37. The van der Waals surface area contributed by atoms with Gasteiger partial charge in [0, 0.05) is 6.61 Å². The smallest absolute Gasteiger partial charge is 0.337 e. The zero-order valence-electron chi connectivity index (χ0n) is 9.23. The van der Waals surface area contributed by atoms with Gasteiger partial charge in [-0.05, 0) is 24.1 Å². The minimum Gasteiger partial charge on any atom is -0.465 e. The second-order valence-electron chi connectivity index (χ2n) is 4.03. The third-order valence-electron chi connectivity index (χ3n) is 2.91. The summed E-state index contributed by atoms with van der Waals surface area (Å²) in [6, 6.07) is 7.23. The van der Waals surface area contributed by atoms with Crippen molar-refractivity contribution < 1.29 is 14.3 Å². The number of carbonyl (C=O) groups excluding carboxylic acids is 1. The fourth-order valence-corrected chi connectivity index (χ4v) is 1.88. The minimum absolute atomic E-state index is 0.343. The maximum Gasteiger partial charge on any atom is 0.337 e. The van der Waals surface area contributed by atoms with Crippen molar-refractivity contribution in [1.29, 1.82) is 0 Å². The highest BCUT2D eigenvalue weighted by atomic mass is 16.5. The number of nitrogens with two attached hydrogens (primary N) is 1. The first-order valence-corrected chi connectivity index (χ1v) is 5.21. The fourth-order valence-electron chi connectivity index (χ4n) is 1.88. The maximum atomic E-state index is 11.4. The molecule has 16 heavy (non-hydrogen) atoms. The first kappa shape index (κ1) is 11.1. The summed E-state index contributed by atoms with van der Waals surface area (Å²) in [5, 5.41) is 0. The van der Waals surface area contributed by atoms with Crippen molar-refractivity contribution in [3.8, 4) is 0 Å². The van der Waals surface area contributed by atoms with E-state index in [9.17, 15) is 4.79 Å². The SMILES string of the molecule is COC(=O)c1cccc(C2(N)CCOC2)c1.